The molecule has 2 aliphatic carbocycles. The van der Waals surface area contributed by atoms with Gasteiger partial charge in [0.2, 0.25) is 5.91 Å². The molecule has 0 aromatic rings. The molecule has 3 unspecified atom stereocenters. The first-order chi connectivity index (χ1) is 11.5. The topological polar surface area (TPSA) is 44.4 Å². The minimum absolute atomic E-state index is 0.110. The molecule has 1 amide bonds. The van der Waals surface area contributed by atoms with Crippen molar-refractivity contribution in [2.45, 2.75) is 89.3 Å². The third-order valence-electron chi connectivity index (χ3n) is 7.76. The van der Waals surface area contributed by atoms with Crippen LogP contribution in [-0.4, -0.2) is 48.1 Å². The fourth-order valence-electron chi connectivity index (χ4n) is 5.79. The summed E-state index contributed by atoms with van der Waals surface area (Å²) in [4.78, 5) is 15.2. The quantitative estimate of drug-likeness (QED) is 0.831. The number of rotatable bonds is 4. The van der Waals surface area contributed by atoms with E-state index in [9.17, 15) is 4.79 Å². The summed E-state index contributed by atoms with van der Waals surface area (Å²) < 4.78 is 0. The summed E-state index contributed by atoms with van der Waals surface area (Å²) in [5, 5.41) is 6.96. The maximum atomic E-state index is 12.5. The lowest BCUT2D eigenvalue weighted by Crippen LogP contribution is -2.61. The van der Waals surface area contributed by atoms with Gasteiger partial charge in [0.25, 0.3) is 0 Å². The van der Waals surface area contributed by atoms with Crippen molar-refractivity contribution >= 4 is 5.91 Å². The van der Waals surface area contributed by atoms with Crippen LogP contribution in [0.2, 0.25) is 0 Å². The van der Waals surface area contributed by atoms with Crippen LogP contribution in [0.15, 0.2) is 0 Å². The van der Waals surface area contributed by atoms with Gasteiger partial charge in [0, 0.05) is 30.1 Å². The molecule has 2 N–H and O–H groups in total. The van der Waals surface area contributed by atoms with Gasteiger partial charge in [-0.15, -0.1) is 0 Å². The molecule has 2 saturated carbocycles. The third kappa shape index (κ3) is 2.90. The molecule has 0 radical (unpaired) electrons. The SMILES string of the molecule is CCC1NCC12CCC(N1CCC(C(=O)NC3(C)CCC3)CC1)C2. The highest BCUT2D eigenvalue weighted by atomic mass is 16.2. The van der Waals surface area contributed by atoms with Gasteiger partial charge >= 0.3 is 0 Å². The van der Waals surface area contributed by atoms with Gasteiger partial charge in [-0.3, -0.25) is 4.79 Å². The predicted molar refractivity (Wildman–Crippen MR) is 96.8 cm³/mol. The molecular weight excluding hydrogens is 298 g/mol. The Kier molecular flexibility index (Phi) is 4.41. The summed E-state index contributed by atoms with van der Waals surface area (Å²) in [7, 11) is 0. The van der Waals surface area contributed by atoms with Gasteiger partial charge in [0.15, 0.2) is 0 Å². The summed E-state index contributed by atoms with van der Waals surface area (Å²) in [5.41, 5.74) is 0.713. The Balaban J connectivity index is 1.25. The first kappa shape index (κ1) is 16.8. The largest absolute Gasteiger partial charge is 0.351 e. The van der Waals surface area contributed by atoms with Crippen LogP contribution in [0.3, 0.4) is 0 Å². The second kappa shape index (κ2) is 6.28. The zero-order valence-corrected chi connectivity index (χ0v) is 15.6. The van der Waals surface area contributed by atoms with E-state index in [1.165, 1.54) is 38.6 Å². The van der Waals surface area contributed by atoms with E-state index in [4.69, 9.17) is 0 Å². The highest BCUT2D eigenvalue weighted by Crippen LogP contribution is 2.48. The Morgan fingerprint density at radius 3 is 2.50 bits per heavy atom. The molecule has 2 aliphatic heterocycles. The van der Waals surface area contributed by atoms with Crippen molar-refractivity contribution < 1.29 is 4.79 Å². The van der Waals surface area contributed by atoms with Crippen LogP contribution in [-0.2, 0) is 4.79 Å². The maximum Gasteiger partial charge on any atom is 0.223 e. The lowest BCUT2D eigenvalue weighted by atomic mass is 9.71. The van der Waals surface area contributed by atoms with Crippen LogP contribution in [0, 0.1) is 11.3 Å². The van der Waals surface area contributed by atoms with Crippen molar-refractivity contribution in [1.82, 2.24) is 15.5 Å². The fourth-order valence-corrected chi connectivity index (χ4v) is 5.79. The van der Waals surface area contributed by atoms with Gasteiger partial charge in [-0.25, -0.2) is 0 Å². The second-order valence-corrected chi connectivity index (χ2v) is 9.31. The van der Waals surface area contributed by atoms with Crippen LogP contribution in [0.5, 0.6) is 0 Å². The van der Waals surface area contributed by atoms with Crippen LogP contribution in [0.25, 0.3) is 0 Å². The highest BCUT2D eigenvalue weighted by Gasteiger charge is 2.51. The number of likely N-dealkylation sites (tertiary alicyclic amines) is 1. The summed E-state index contributed by atoms with van der Waals surface area (Å²) in [6.45, 7) is 8.01. The molecule has 0 aromatic heterocycles. The maximum absolute atomic E-state index is 12.5. The van der Waals surface area contributed by atoms with E-state index in [2.05, 4.69) is 29.4 Å². The normalized spacial score (nSPS) is 39.4. The molecule has 3 atom stereocenters. The number of carbonyl (C=O) groups is 1. The first-order valence-corrected chi connectivity index (χ1v) is 10.3. The molecule has 1 spiro atoms. The Morgan fingerprint density at radius 1 is 1.21 bits per heavy atom. The smallest absolute Gasteiger partial charge is 0.223 e. The molecule has 4 aliphatic rings. The van der Waals surface area contributed by atoms with Crippen molar-refractivity contribution in [2.75, 3.05) is 19.6 Å². The molecule has 2 saturated heterocycles. The van der Waals surface area contributed by atoms with E-state index in [-0.39, 0.29) is 11.5 Å². The number of hydrogen-bond donors (Lipinski definition) is 2. The Hall–Kier alpha value is -0.610. The van der Waals surface area contributed by atoms with Gasteiger partial charge < -0.3 is 15.5 Å². The Morgan fingerprint density at radius 2 is 1.96 bits per heavy atom. The van der Waals surface area contributed by atoms with Crippen molar-refractivity contribution in [2.24, 2.45) is 11.3 Å². The van der Waals surface area contributed by atoms with Crippen LogP contribution in [0.1, 0.15) is 71.6 Å². The van der Waals surface area contributed by atoms with Crippen molar-refractivity contribution in [1.29, 1.82) is 0 Å². The second-order valence-electron chi connectivity index (χ2n) is 9.31. The van der Waals surface area contributed by atoms with Gasteiger partial charge in [-0.1, -0.05) is 6.92 Å². The molecule has 0 bridgehead atoms. The molecule has 4 heteroatoms. The summed E-state index contributed by atoms with van der Waals surface area (Å²) in [6, 6.07) is 1.53. The minimum Gasteiger partial charge on any atom is -0.351 e. The number of piperidine rings is 1. The van der Waals surface area contributed by atoms with E-state index in [0.29, 0.717) is 11.3 Å². The first-order valence-electron chi connectivity index (χ1n) is 10.3. The summed E-state index contributed by atoms with van der Waals surface area (Å²) in [5.74, 6) is 0.580. The summed E-state index contributed by atoms with van der Waals surface area (Å²) >= 11 is 0. The molecule has 4 fully saturated rings. The molecule has 24 heavy (non-hydrogen) atoms. The molecule has 4 nitrogen and oxygen atoms in total. The zero-order chi connectivity index (χ0) is 16.8. The van der Waals surface area contributed by atoms with Crippen LogP contribution >= 0.6 is 0 Å². The standard InChI is InChI=1S/C20H35N3O/c1-3-17-20(14-21-17)10-5-16(13-20)23-11-6-15(7-12-23)18(24)22-19(2)8-4-9-19/h15-17,21H,3-14H2,1-2H3,(H,22,24). The number of nitrogens with one attached hydrogen (secondary N) is 2. The average Bonchev–Trinajstić information content (AvgIpc) is 3.01. The van der Waals surface area contributed by atoms with E-state index in [1.54, 1.807) is 0 Å². The van der Waals surface area contributed by atoms with Gasteiger partial charge in [-0.2, -0.15) is 0 Å². The zero-order valence-electron chi connectivity index (χ0n) is 15.6. The Labute approximate surface area is 147 Å². The lowest BCUT2D eigenvalue weighted by molar-refractivity contribution is -0.129. The fraction of sp³-hybridized carbons (Fsp3) is 0.950. The van der Waals surface area contributed by atoms with E-state index in [0.717, 1.165) is 50.9 Å². The highest BCUT2D eigenvalue weighted by molar-refractivity contribution is 5.79. The number of carbonyl (C=O) groups excluding carboxylic acids is 1. The Bertz CT molecular complexity index is 479. The van der Waals surface area contributed by atoms with Gasteiger partial charge in [-0.05, 0) is 83.2 Å². The summed E-state index contributed by atoms with van der Waals surface area (Å²) in [6.07, 6.45) is 11.1. The minimum atomic E-state index is 0.110. The van der Waals surface area contributed by atoms with E-state index in [1.807, 2.05) is 0 Å². The lowest BCUT2D eigenvalue weighted by Gasteiger charge is -2.49. The number of hydrogen-bond acceptors (Lipinski definition) is 3. The number of amides is 1. The monoisotopic (exact) mass is 333 g/mol. The van der Waals surface area contributed by atoms with Crippen molar-refractivity contribution in [3.05, 3.63) is 0 Å². The molecule has 0 aromatic carbocycles. The van der Waals surface area contributed by atoms with Gasteiger partial charge in [0.1, 0.15) is 0 Å². The van der Waals surface area contributed by atoms with E-state index >= 15 is 0 Å². The molecule has 4 rings (SSSR count). The van der Waals surface area contributed by atoms with Crippen LogP contribution in [0.4, 0.5) is 0 Å². The van der Waals surface area contributed by atoms with Crippen LogP contribution < -0.4 is 10.6 Å². The van der Waals surface area contributed by atoms with Crippen molar-refractivity contribution in [3.63, 3.8) is 0 Å². The molecule has 2 heterocycles. The average molecular weight is 334 g/mol. The van der Waals surface area contributed by atoms with E-state index < -0.39 is 0 Å². The predicted octanol–water partition coefficient (Wildman–Crippen LogP) is 2.68. The molecule has 136 valence electrons. The van der Waals surface area contributed by atoms with Crippen molar-refractivity contribution in [3.8, 4) is 0 Å². The molecular formula is C20H35N3O. The van der Waals surface area contributed by atoms with Gasteiger partial charge in [0.05, 0.1) is 0 Å². The number of nitrogens with zero attached hydrogens (tertiary/aromatic N) is 1. The third-order valence-corrected chi connectivity index (χ3v) is 7.76.